The van der Waals surface area contributed by atoms with E-state index < -0.39 is 0 Å². The van der Waals surface area contributed by atoms with Gasteiger partial charge in [0.05, 0.1) is 6.20 Å². The van der Waals surface area contributed by atoms with E-state index in [1.807, 2.05) is 30.7 Å². The largest absolute Gasteiger partial charge is 0.338 e. The topological polar surface area (TPSA) is 83.4 Å². The number of anilines is 1. The standard InChI is InChI=1S/C22H32N6O2/c1-4-27(5-2)22(30)21-16-28(25-24-21)15-19-7-6-12-26(14-19)13-18-8-10-20(11-9-18)23-17(3)29/h8-11,16,19H,4-7,12-15H2,1-3H3,(H,23,29)/t19-/m0/s1. The highest BCUT2D eigenvalue weighted by Crippen LogP contribution is 2.21. The molecule has 1 aliphatic heterocycles. The van der Waals surface area contributed by atoms with Gasteiger partial charge in [-0.1, -0.05) is 17.3 Å². The third kappa shape index (κ3) is 5.89. The van der Waals surface area contributed by atoms with Gasteiger partial charge >= 0.3 is 0 Å². The molecule has 30 heavy (non-hydrogen) atoms. The summed E-state index contributed by atoms with van der Waals surface area (Å²) < 4.78 is 1.81. The van der Waals surface area contributed by atoms with E-state index in [0.29, 0.717) is 24.7 Å². The van der Waals surface area contributed by atoms with Crippen LogP contribution in [0.5, 0.6) is 0 Å². The molecule has 8 heteroatoms. The van der Waals surface area contributed by atoms with Crippen LogP contribution in [0.1, 0.15) is 49.7 Å². The molecule has 1 aromatic carbocycles. The monoisotopic (exact) mass is 412 g/mol. The maximum absolute atomic E-state index is 12.4. The van der Waals surface area contributed by atoms with Crippen LogP contribution in [0.2, 0.25) is 0 Å². The second-order valence-electron chi connectivity index (χ2n) is 7.92. The van der Waals surface area contributed by atoms with Crippen LogP contribution >= 0.6 is 0 Å². The van der Waals surface area contributed by atoms with Crippen molar-refractivity contribution in [2.75, 3.05) is 31.5 Å². The van der Waals surface area contributed by atoms with Crippen LogP contribution in [-0.4, -0.2) is 62.8 Å². The Hall–Kier alpha value is -2.74. The Morgan fingerprint density at radius 1 is 1.20 bits per heavy atom. The van der Waals surface area contributed by atoms with Crippen molar-refractivity contribution in [1.29, 1.82) is 0 Å². The molecule has 2 heterocycles. The second kappa shape index (κ2) is 10.3. The van der Waals surface area contributed by atoms with Crippen molar-refractivity contribution >= 4 is 17.5 Å². The lowest BCUT2D eigenvalue weighted by Gasteiger charge is -2.32. The number of carbonyl (C=O) groups excluding carboxylic acids is 2. The number of carbonyl (C=O) groups is 2. The molecular formula is C22H32N6O2. The Kier molecular flexibility index (Phi) is 7.57. The number of rotatable bonds is 8. The van der Waals surface area contributed by atoms with Crippen molar-refractivity contribution in [1.82, 2.24) is 24.8 Å². The van der Waals surface area contributed by atoms with E-state index in [-0.39, 0.29) is 11.8 Å². The Morgan fingerprint density at radius 3 is 2.60 bits per heavy atom. The molecule has 1 aliphatic rings. The van der Waals surface area contributed by atoms with Gasteiger partial charge in [0.25, 0.3) is 5.91 Å². The summed E-state index contributed by atoms with van der Waals surface area (Å²) >= 11 is 0. The number of nitrogens with one attached hydrogen (secondary N) is 1. The summed E-state index contributed by atoms with van der Waals surface area (Å²) in [5.41, 5.74) is 2.48. The number of piperidine rings is 1. The van der Waals surface area contributed by atoms with Crippen molar-refractivity contribution in [3.05, 3.63) is 41.7 Å². The third-order valence-electron chi connectivity index (χ3n) is 5.54. The molecule has 162 valence electrons. The quantitative estimate of drug-likeness (QED) is 0.721. The highest BCUT2D eigenvalue weighted by atomic mass is 16.2. The molecule has 0 saturated carbocycles. The SMILES string of the molecule is CCN(CC)C(=O)c1cn(C[C@H]2CCCN(Cc3ccc(NC(C)=O)cc3)C2)nn1. The molecule has 1 fully saturated rings. The lowest BCUT2D eigenvalue weighted by molar-refractivity contribution is -0.114. The van der Waals surface area contributed by atoms with Crippen molar-refractivity contribution in [3.8, 4) is 0 Å². The summed E-state index contributed by atoms with van der Waals surface area (Å²) in [4.78, 5) is 27.8. The first kappa shape index (κ1) is 22.0. The van der Waals surface area contributed by atoms with Crippen LogP contribution in [-0.2, 0) is 17.9 Å². The lowest BCUT2D eigenvalue weighted by Crippen LogP contribution is -2.36. The van der Waals surface area contributed by atoms with Gasteiger partial charge in [-0.15, -0.1) is 5.10 Å². The number of nitrogens with zero attached hydrogens (tertiary/aromatic N) is 5. The molecule has 8 nitrogen and oxygen atoms in total. The average Bonchev–Trinajstić information content (AvgIpc) is 3.19. The van der Waals surface area contributed by atoms with Crippen molar-refractivity contribution in [3.63, 3.8) is 0 Å². The first-order valence-corrected chi connectivity index (χ1v) is 10.8. The molecule has 0 bridgehead atoms. The summed E-state index contributed by atoms with van der Waals surface area (Å²) in [6, 6.07) is 8.03. The number of hydrogen-bond donors (Lipinski definition) is 1. The summed E-state index contributed by atoms with van der Waals surface area (Å²) in [5, 5.41) is 11.1. The molecule has 0 radical (unpaired) electrons. The second-order valence-corrected chi connectivity index (χ2v) is 7.92. The van der Waals surface area contributed by atoms with Crippen molar-refractivity contribution < 1.29 is 9.59 Å². The summed E-state index contributed by atoms with van der Waals surface area (Å²) in [6.07, 6.45) is 4.08. The highest BCUT2D eigenvalue weighted by molar-refractivity contribution is 5.91. The Balaban J connectivity index is 1.54. The van der Waals surface area contributed by atoms with Crippen LogP contribution in [0.4, 0.5) is 5.69 Å². The molecule has 0 aliphatic carbocycles. The fourth-order valence-corrected chi connectivity index (χ4v) is 4.02. The smallest absolute Gasteiger partial charge is 0.276 e. The molecule has 0 unspecified atom stereocenters. The van der Waals surface area contributed by atoms with Crippen LogP contribution in [0, 0.1) is 5.92 Å². The van der Waals surface area contributed by atoms with Gasteiger partial charge in [-0.25, -0.2) is 0 Å². The average molecular weight is 413 g/mol. The van der Waals surface area contributed by atoms with Gasteiger partial charge in [-0.3, -0.25) is 19.2 Å². The van der Waals surface area contributed by atoms with E-state index in [1.165, 1.54) is 12.5 Å². The number of benzene rings is 1. The number of amides is 2. The van der Waals surface area contributed by atoms with Crippen molar-refractivity contribution in [2.24, 2.45) is 5.92 Å². The molecule has 1 N–H and O–H groups in total. The third-order valence-corrected chi connectivity index (χ3v) is 5.54. The van der Waals surface area contributed by atoms with Gasteiger partial charge in [0.1, 0.15) is 0 Å². The molecular weight excluding hydrogens is 380 g/mol. The molecule has 0 spiro atoms. The minimum Gasteiger partial charge on any atom is -0.338 e. The Labute approximate surface area is 178 Å². The van der Waals surface area contributed by atoms with Crippen LogP contribution in [0.15, 0.2) is 30.5 Å². The van der Waals surface area contributed by atoms with E-state index in [0.717, 1.165) is 44.7 Å². The van der Waals surface area contributed by atoms with Crippen molar-refractivity contribution in [2.45, 2.75) is 46.7 Å². The van der Waals surface area contributed by atoms with E-state index in [2.05, 4.69) is 32.7 Å². The van der Waals surface area contributed by atoms with Gasteiger partial charge in [0.15, 0.2) is 5.69 Å². The van der Waals surface area contributed by atoms with E-state index in [4.69, 9.17) is 0 Å². The fraction of sp³-hybridized carbons (Fsp3) is 0.545. The van der Waals surface area contributed by atoms with E-state index in [9.17, 15) is 9.59 Å². The molecule has 2 amide bonds. The summed E-state index contributed by atoms with van der Waals surface area (Å²) in [6.45, 7) is 10.5. The van der Waals surface area contributed by atoms with Gasteiger partial charge in [0.2, 0.25) is 5.91 Å². The maximum Gasteiger partial charge on any atom is 0.276 e. The molecule has 3 rings (SSSR count). The first-order chi connectivity index (χ1) is 14.5. The maximum atomic E-state index is 12.4. The van der Waals surface area contributed by atoms with Gasteiger partial charge in [-0.2, -0.15) is 0 Å². The number of likely N-dealkylation sites (tertiary alicyclic amines) is 1. The van der Waals surface area contributed by atoms with E-state index >= 15 is 0 Å². The zero-order chi connectivity index (χ0) is 21.5. The number of hydrogen-bond acceptors (Lipinski definition) is 5. The molecule has 1 saturated heterocycles. The summed E-state index contributed by atoms with van der Waals surface area (Å²) in [5.74, 6) is 0.367. The fourth-order valence-electron chi connectivity index (χ4n) is 4.02. The number of aromatic nitrogens is 3. The minimum absolute atomic E-state index is 0.0563. The predicted octanol–water partition coefficient (Wildman–Crippen LogP) is 2.63. The Bertz CT molecular complexity index is 844. The minimum atomic E-state index is -0.0586. The molecule has 1 aromatic heterocycles. The summed E-state index contributed by atoms with van der Waals surface area (Å²) in [7, 11) is 0. The Morgan fingerprint density at radius 2 is 1.93 bits per heavy atom. The van der Waals surface area contributed by atoms with Gasteiger partial charge in [-0.05, 0) is 56.8 Å². The van der Waals surface area contributed by atoms with Crippen LogP contribution < -0.4 is 5.32 Å². The normalized spacial score (nSPS) is 17.0. The van der Waals surface area contributed by atoms with E-state index in [1.54, 1.807) is 11.1 Å². The zero-order valence-corrected chi connectivity index (χ0v) is 18.2. The van der Waals surface area contributed by atoms with Crippen LogP contribution in [0.3, 0.4) is 0 Å². The van der Waals surface area contributed by atoms with Gasteiger partial charge in [0, 0.05) is 45.3 Å². The molecule has 2 aromatic rings. The van der Waals surface area contributed by atoms with Gasteiger partial charge < -0.3 is 10.2 Å². The zero-order valence-electron chi connectivity index (χ0n) is 18.2. The predicted molar refractivity (Wildman–Crippen MR) is 116 cm³/mol. The van der Waals surface area contributed by atoms with Crippen LogP contribution in [0.25, 0.3) is 0 Å². The lowest BCUT2D eigenvalue weighted by atomic mass is 9.97. The highest BCUT2D eigenvalue weighted by Gasteiger charge is 2.22. The first-order valence-electron chi connectivity index (χ1n) is 10.8. The molecule has 1 atom stereocenters.